The zero-order chi connectivity index (χ0) is 22.8. The lowest BCUT2D eigenvalue weighted by Gasteiger charge is -2.36. The molecule has 12 heteroatoms. The number of rotatable bonds is 4. The van der Waals surface area contributed by atoms with Crippen LogP contribution in [-0.2, 0) is 11.3 Å². The number of carbonyl (C=O) groups is 1. The van der Waals surface area contributed by atoms with Crippen LogP contribution in [0.25, 0.3) is 0 Å². The number of benzene rings is 1. The summed E-state index contributed by atoms with van der Waals surface area (Å²) in [5, 5.41) is 0.575. The minimum Gasteiger partial charge on any atom is -0.426 e. The van der Waals surface area contributed by atoms with E-state index in [2.05, 4.69) is 9.64 Å². The van der Waals surface area contributed by atoms with E-state index >= 15 is 0 Å². The van der Waals surface area contributed by atoms with Crippen LogP contribution in [0.1, 0.15) is 18.4 Å². The predicted molar refractivity (Wildman–Crippen MR) is 102 cm³/mol. The van der Waals surface area contributed by atoms with Crippen LogP contribution in [-0.4, -0.2) is 73.6 Å². The summed E-state index contributed by atoms with van der Waals surface area (Å²) < 4.78 is 79.4. The van der Waals surface area contributed by atoms with Gasteiger partial charge in [0.1, 0.15) is 0 Å². The van der Waals surface area contributed by atoms with Gasteiger partial charge >= 0.3 is 18.4 Å². The van der Waals surface area contributed by atoms with Gasteiger partial charge in [-0.1, -0.05) is 11.6 Å². The largest absolute Gasteiger partial charge is 0.434 e. The fourth-order valence-electron chi connectivity index (χ4n) is 3.77. The van der Waals surface area contributed by atoms with Crippen molar-refractivity contribution in [2.24, 2.45) is 0 Å². The number of carbonyl (C=O) groups excluding carboxylic acids is 1. The van der Waals surface area contributed by atoms with Crippen LogP contribution in [0.2, 0.25) is 5.02 Å². The second kappa shape index (κ2) is 9.32. The third-order valence-electron chi connectivity index (χ3n) is 5.33. The molecule has 0 spiro atoms. The van der Waals surface area contributed by atoms with Crippen LogP contribution in [0.5, 0.6) is 0 Å². The molecule has 0 saturated carbocycles. The minimum absolute atomic E-state index is 0.0408. The SMILES string of the molecule is O=C(OC(C(F)(F)F)C(F)(F)F)N1CCN(Cc2cc(Cl)ccc2N2CCCC2)CC1. The molecule has 0 unspecified atom stereocenters. The summed E-state index contributed by atoms with van der Waals surface area (Å²) in [5.41, 5.74) is 2.04. The first-order valence-electron chi connectivity index (χ1n) is 9.80. The first-order chi connectivity index (χ1) is 14.4. The van der Waals surface area contributed by atoms with Crippen molar-refractivity contribution in [3.8, 4) is 0 Å². The van der Waals surface area contributed by atoms with Crippen molar-refractivity contribution in [2.45, 2.75) is 37.8 Å². The summed E-state index contributed by atoms with van der Waals surface area (Å²) in [5.74, 6) is 0. The van der Waals surface area contributed by atoms with Crippen molar-refractivity contribution in [1.29, 1.82) is 0 Å². The zero-order valence-corrected chi connectivity index (χ0v) is 17.2. The molecular formula is C19H22ClF6N3O2. The Labute approximate surface area is 180 Å². The number of anilines is 1. The fourth-order valence-corrected chi connectivity index (χ4v) is 3.97. The summed E-state index contributed by atoms with van der Waals surface area (Å²) in [6, 6.07) is 5.61. The lowest BCUT2D eigenvalue weighted by atomic mass is 10.1. The second-order valence-electron chi connectivity index (χ2n) is 7.58. The molecule has 2 saturated heterocycles. The molecule has 0 aliphatic carbocycles. The van der Waals surface area contributed by atoms with Crippen molar-refractivity contribution >= 4 is 23.4 Å². The molecule has 31 heavy (non-hydrogen) atoms. The Morgan fingerprint density at radius 1 is 0.968 bits per heavy atom. The summed E-state index contributed by atoms with van der Waals surface area (Å²) in [6.07, 6.45) is -15.0. The van der Waals surface area contributed by atoms with E-state index in [0.29, 0.717) is 11.6 Å². The number of alkyl halides is 6. The van der Waals surface area contributed by atoms with E-state index in [0.717, 1.165) is 42.1 Å². The highest BCUT2D eigenvalue weighted by atomic mass is 35.5. The molecule has 174 valence electrons. The van der Waals surface area contributed by atoms with Crippen molar-refractivity contribution < 1.29 is 35.9 Å². The number of ether oxygens (including phenoxy) is 1. The first kappa shape index (κ1) is 23.8. The highest BCUT2D eigenvalue weighted by Crippen LogP contribution is 2.36. The average molecular weight is 474 g/mol. The third kappa shape index (κ3) is 6.09. The van der Waals surface area contributed by atoms with Gasteiger partial charge in [0.15, 0.2) is 0 Å². The van der Waals surface area contributed by atoms with E-state index in [1.54, 1.807) is 0 Å². The molecule has 2 heterocycles. The normalized spacial score (nSPS) is 18.7. The van der Waals surface area contributed by atoms with Crippen LogP contribution in [0.3, 0.4) is 0 Å². The lowest BCUT2D eigenvalue weighted by Crippen LogP contribution is -2.52. The summed E-state index contributed by atoms with van der Waals surface area (Å²) >= 11 is 6.14. The van der Waals surface area contributed by atoms with E-state index in [-0.39, 0.29) is 26.2 Å². The van der Waals surface area contributed by atoms with Gasteiger partial charge in [-0.25, -0.2) is 4.79 Å². The number of amides is 1. The molecule has 0 aromatic heterocycles. The Balaban J connectivity index is 1.59. The zero-order valence-electron chi connectivity index (χ0n) is 16.5. The Kier molecular flexibility index (Phi) is 7.14. The maximum absolute atomic E-state index is 12.6. The first-order valence-corrected chi connectivity index (χ1v) is 10.2. The van der Waals surface area contributed by atoms with Crippen LogP contribution in [0.4, 0.5) is 36.8 Å². The van der Waals surface area contributed by atoms with Crippen molar-refractivity contribution in [3.63, 3.8) is 0 Å². The van der Waals surface area contributed by atoms with Crippen LogP contribution < -0.4 is 4.90 Å². The Morgan fingerprint density at radius 3 is 2.10 bits per heavy atom. The second-order valence-corrected chi connectivity index (χ2v) is 8.01. The molecule has 2 fully saturated rings. The van der Waals surface area contributed by atoms with Gasteiger partial charge in [0.25, 0.3) is 6.10 Å². The maximum Gasteiger partial charge on any atom is 0.434 e. The topological polar surface area (TPSA) is 36.0 Å². The van der Waals surface area contributed by atoms with E-state index in [4.69, 9.17) is 11.6 Å². The smallest absolute Gasteiger partial charge is 0.426 e. The monoisotopic (exact) mass is 473 g/mol. The van der Waals surface area contributed by atoms with Gasteiger partial charge in [0.05, 0.1) is 0 Å². The third-order valence-corrected chi connectivity index (χ3v) is 5.56. The molecule has 3 rings (SSSR count). The average Bonchev–Trinajstić information content (AvgIpc) is 3.19. The van der Waals surface area contributed by atoms with Gasteiger partial charge in [0.2, 0.25) is 0 Å². The molecule has 1 aromatic rings. The van der Waals surface area contributed by atoms with Gasteiger partial charge in [-0.15, -0.1) is 0 Å². The number of halogens is 7. The van der Waals surface area contributed by atoms with E-state index in [1.165, 1.54) is 0 Å². The molecule has 1 amide bonds. The Morgan fingerprint density at radius 2 is 1.55 bits per heavy atom. The van der Waals surface area contributed by atoms with Gasteiger partial charge in [-0.2, -0.15) is 26.3 Å². The number of nitrogens with zero attached hydrogens (tertiary/aromatic N) is 3. The Bertz CT molecular complexity index is 761. The van der Waals surface area contributed by atoms with Gasteiger partial charge in [0, 0.05) is 56.5 Å². The number of hydrogen-bond donors (Lipinski definition) is 0. The molecule has 2 aliphatic rings. The molecular weight excluding hydrogens is 452 g/mol. The summed E-state index contributed by atoms with van der Waals surface area (Å²) in [6.45, 7) is 2.86. The van der Waals surface area contributed by atoms with Crippen LogP contribution in [0, 0.1) is 0 Å². The Hall–Kier alpha value is -1.88. The fraction of sp³-hybridized carbons (Fsp3) is 0.632. The molecule has 0 radical (unpaired) electrons. The minimum atomic E-state index is -5.73. The standard InChI is InChI=1S/C19H22ClF6N3O2/c20-14-3-4-15(28-5-1-2-6-28)13(11-14)12-27-7-9-29(10-8-27)17(30)31-16(18(21,22)23)19(24,25)26/h3-4,11,16H,1-2,5-10,12H2. The summed E-state index contributed by atoms with van der Waals surface area (Å²) in [7, 11) is 0. The number of hydrogen-bond acceptors (Lipinski definition) is 4. The van der Waals surface area contributed by atoms with Gasteiger partial charge in [-0.3, -0.25) is 4.90 Å². The van der Waals surface area contributed by atoms with E-state index in [1.807, 2.05) is 23.1 Å². The van der Waals surface area contributed by atoms with Crippen molar-refractivity contribution in [2.75, 3.05) is 44.2 Å². The number of piperazine rings is 1. The molecule has 0 bridgehead atoms. The quantitative estimate of drug-likeness (QED) is 0.595. The van der Waals surface area contributed by atoms with Crippen LogP contribution >= 0.6 is 11.6 Å². The van der Waals surface area contributed by atoms with Gasteiger partial charge < -0.3 is 14.5 Å². The molecule has 1 aromatic carbocycles. The van der Waals surface area contributed by atoms with Crippen LogP contribution in [0.15, 0.2) is 18.2 Å². The predicted octanol–water partition coefficient (Wildman–Crippen LogP) is 4.69. The lowest BCUT2D eigenvalue weighted by molar-refractivity contribution is -0.308. The molecule has 5 nitrogen and oxygen atoms in total. The highest BCUT2D eigenvalue weighted by Gasteiger charge is 2.60. The van der Waals surface area contributed by atoms with E-state index in [9.17, 15) is 31.1 Å². The van der Waals surface area contributed by atoms with Crippen molar-refractivity contribution in [1.82, 2.24) is 9.80 Å². The molecule has 0 N–H and O–H groups in total. The molecule has 2 aliphatic heterocycles. The molecule has 0 atom stereocenters. The maximum atomic E-state index is 12.6. The highest BCUT2D eigenvalue weighted by molar-refractivity contribution is 6.30. The summed E-state index contributed by atoms with van der Waals surface area (Å²) in [4.78, 5) is 17.0. The van der Waals surface area contributed by atoms with E-state index < -0.39 is 24.5 Å². The van der Waals surface area contributed by atoms with Crippen molar-refractivity contribution in [3.05, 3.63) is 28.8 Å². The van der Waals surface area contributed by atoms with Gasteiger partial charge in [-0.05, 0) is 36.6 Å².